The molecule has 114 valence electrons. The van der Waals surface area contributed by atoms with Crippen molar-refractivity contribution in [2.75, 3.05) is 25.9 Å². The third-order valence-electron chi connectivity index (χ3n) is 3.92. The number of hydrogen-bond donors (Lipinski definition) is 1. The van der Waals surface area contributed by atoms with Gasteiger partial charge in [-0.2, -0.15) is 11.3 Å². The topological polar surface area (TPSA) is 49.4 Å². The van der Waals surface area contributed by atoms with E-state index in [2.05, 4.69) is 29.1 Å². The van der Waals surface area contributed by atoms with Gasteiger partial charge in [-0.1, -0.05) is 6.92 Å². The molecule has 1 aromatic rings. The molecule has 20 heavy (non-hydrogen) atoms. The predicted molar refractivity (Wildman–Crippen MR) is 84.5 cm³/mol. The molecule has 0 spiro atoms. The summed E-state index contributed by atoms with van der Waals surface area (Å²) in [6, 6.07) is 2.51. The standard InChI is InChI=1S/C14H24N2O2S2/c1-3-15-14(13-6-8-19-11-13)9-12-5-4-7-16(10-12)20(2,17)18/h6,8,11-12,14-15H,3-5,7,9-10H2,1-2H3. The molecule has 1 aromatic heterocycles. The zero-order chi connectivity index (χ0) is 14.6. The van der Waals surface area contributed by atoms with Crippen LogP contribution in [-0.4, -0.2) is 38.6 Å². The van der Waals surface area contributed by atoms with E-state index >= 15 is 0 Å². The van der Waals surface area contributed by atoms with Crippen LogP contribution in [0.4, 0.5) is 0 Å². The van der Waals surface area contributed by atoms with Crippen molar-refractivity contribution in [1.82, 2.24) is 9.62 Å². The van der Waals surface area contributed by atoms with Crippen LogP contribution in [0.15, 0.2) is 16.8 Å². The zero-order valence-electron chi connectivity index (χ0n) is 12.2. The van der Waals surface area contributed by atoms with E-state index in [0.717, 1.165) is 25.8 Å². The molecule has 2 atom stereocenters. The molecule has 0 radical (unpaired) electrons. The van der Waals surface area contributed by atoms with Crippen LogP contribution < -0.4 is 5.32 Å². The van der Waals surface area contributed by atoms with Crippen LogP contribution in [0.5, 0.6) is 0 Å². The van der Waals surface area contributed by atoms with Crippen LogP contribution in [0.1, 0.15) is 37.8 Å². The van der Waals surface area contributed by atoms with Gasteiger partial charge in [0.2, 0.25) is 10.0 Å². The fourth-order valence-electron chi connectivity index (χ4n) is 2.91. The molecular weight excluding hydrogens is 292 g/mol. The number of nitrogens with zero attached hydrogens (tertiary/aromatic N) is 1. The average molecular weight is 316 g/mol. The summed E-state index contributed by atoms with van der Waals surface area (Å²) in [7, 11) is -3.05. The Morgan fingerprint density at radius 2 is 2.35 bits per heavy atom. The molecule has 1 aliphatic rings. The summed E-state index contributed by atoms with van der Waals surface area (Å²) in [6.45, 7) is 4.40. The van der Waals surface area contributed by atoms with Crippen molar-refractivity contribution < 1.29 is 8.42 Å². The van der Waals surface area contributed by atoms with E-state index in [1.807, 2.05) is 0 Å². The fourth-order valence-corrected chi connectivity index (χ4v) is 4.57. The van der Waals surface area contributed by atoms with Gasteiger partial charge < -0.3 is 5.32 Å². The molecule has 0 amide bonds. The van der Waals surface area contributed by atoms with Crippen LogP contribution in [0, 0.1) is 5.92 Å². The van der Waals surface area contributed by atoms with Gasteiger partial charge in [0.25, 0.3) is 0 Å². The SMILES string of the molecule is CCNC(CC1CCCN(S(C)(=O)=O)C1)c1ccsc1. The van der Waals surface area contributed by atoms with Gasteiger partial charge in [0.05, 0.1) is 6.26 Å². The Morgan fingerprint density at radius 1 is 1.55 bits per heavy atom. The molecule has 1 saturated heterocycles. The number of rotatable bonds is 6. The van der Waals surface area contributed by atoms with Crippen molar-refractivity contribution in [3.05, 3.63) is 22.4 Å². The summed E-state index contributed by atoms with van der Waals surface area (Å²) in [6.07, 6.45) is 4.42. The van der Waals surface area contributed by atoms with Gasteiger partial charge in [-0.15, -0.1) is 0 Å². The van der Waals surface area contributed by atoms with Crippen molar-refractivity contribution in [3.63, 3.8) is 0 Å². The van der Waals surface area contributed by atoms with Gasteiger partial charge >= 0.3 is 0 Å². The highest BCUT2D eigenvalue weighted by molar-refractivity contribution is 7.88. The Labute approximate surface area is 126 Å². The van der Waals surface area contributed by atoms with Crippen LogP contribution in [0.3, 0.4) is 0 Å². The molecular formula is C14H24N2O2S2. The minimum Gasteiger partial charge on any atom is -0.310 e. The molecule has 0 aliphatic carbocycles. The number of sulfonamides is 1. The Balaban J connectivity index is 2.00. The average Bonchev–Trinajstić information content (AvgIpc) is 2.91. The first-order valence-corrected chi connectivity index (χ1v) is 10.0. The number of piperidine rings is 1. The van der Waals surface area contributed by atoms with Crippen LogP contribution in [0.25, 0.3) is 0 Å². The van der Waals surface area contributed by atoms with Crippen LogP contribution in [0.2, 0.25) is 0 Å². The van der Waals surface area contributed by atoms with E-state index in [9.17, 15) is 8.42 Å². The second-order valence-corrected chi connectivity index (χ2v) is 8.29. The fraction of sp³-hybridized carbons (Fsp3) is 0.714. The third kappa shape index (κ3) is 4.28. The summed E-state index contributed by atoms with van der Waals surface area (Å²) in [4.78, 5) is 0. The Kier molecular flexibility index (Phi) is 5.60. The lowest BCUT2D eigenvalue weighted by Crippen LogP contribution is -2.40. The van der Waals surface area contributed by atoms with Gasteiger partial charge in [0.15, 0.2) is 0 Å². The first kappa shape index (κ1) is 15.9. The van der Waals surface area contributed by atoms with Crippen molar-refractivity contribution in [2.24, 2.45) is 5.92 Å². The number of hydrogen-bond acceptors (Lipinski definition) is 4. The minimum absolute atomic E-state index is 0.343. The van der Waals surface area contributed by atoms with E-state index < -0.39 is 10.0 Å². The summed E-state index contributed by atoms with van der Waals surface area (Å²) in [5.74, 6) is 0.447. The highest BCUT2D eigenvalue weighted by Crippen LogP contribution is 2.29. The molecule has 0 saturated carbocycles. The number of thiophene rings is 1. The second kappa shape index (κ2) is 7.02. The molecule has 0 bridgehead atoms. The molecule has 2 heterocycles. The lowest BCUT2D eigenvalue weighted by molar-refractivity contribution is 0.239. The lowest BCUT2D eigenvalue weighted by atomic mass is 9.90. The quantitative estimate of drug-likeness (QED) is 0.877. The van der Waals surface area contributed by atoms with E-state index in [1.54, 1.807) is 15.6 Å². The highest BCUT2D eigenvalue weighted by atomic mass is 32.2. The van der Waals surface area contributed by atoms with Crippen molar-refractivity contribution in [3.8, 4) is 0 Å². The van der Waals surface area contributed by atoms with Gasteiger partial charge in [-0.05, 0) is 54.1 Å². The first-order chi connectivity index (χ1) is 9.50. The first-order valence-electron chi connectivity index (χ1n) is 7.21. The molecule has 1 N–H and O–H groups in total. The van der Waals surface area contributed by atoms with Gasteiger partial charge in [-0.3, -0.25) is 0 Å². The molecule has 2 rings (SSSR count). The Hall–Kier alpha value is -0.430. The minimum atomic E-state index is -3.05. The third-order valence-corrected chi connectivity index (χ3v) is 5.89. The van der Waals surface area contributed by atoms with E-state index in [-0.39, 0.29) is 0 Å². The number of nitrogens with one attached hydrogen (secondary N) is 1. The maximum atomic E-state index is 11.7. The maximum absolute atomic E-state index is 11.7. The van der Waals surface area contributed by atoms with Crippen molar-refractivity contribution in [2.45, 2.75) is 32.2 Å². The predicted octanol–water partition coefficient (Wildman–Crippen LogP) is 2.46. The van der Waals surface area contributed by atoms with Gasteiger partial charge in [0, 0.05) is 19.1 Å². The molecule has 6 heteroatoms. The smallest absolute Gasteiger partial charge is 0.211 e. The van der Waals surface area contributed by atoms with E-state index in [4.69, 9.17) is 0 Å². The van der Waals surface area contributed by atoms with Crippen LogP contribution in [-0.2, 0) is 10.0 Å². The molecule has 4 nitrogen and oxygen atoms in total. The zero-order valence-corrected chi connectivity index (χ0v) is 13.8. The second-order valence-electron chi connectivity index (χ2n) is 5.53. The summed E-state index contributed by atoms with van der Waals surface area (Å²) in [5.41, 5.74) is 1.33. The van der Waals surface area contributed by atoms with Gasteiger partial charge in [0.1, 0.15) is 0 Å². The Morgan fingerprint density at radius 3 is 2.95 bits per heavy atom. The molecule has 2 unspecified atom stereocenters. The van der Waals surface area contributed by atoms with Crippen molar-refractivity contribution in [1.29, 1.82) is 0 Å². The Bertz CT molecular complexity index is 499. The summed E-state index contributed by atoms with van der Waals surface area (Å²) >= 11 is 1.71. The molecule has 1 fully saturated rings. The van der Waals surface area contributed by atoms with Gasteiger partial charge in [-0.25, -0.2) is 12.7 Å². The summed E-state index contributed by atoms with van der Waals surface area (Å²) in [5, 5.41) is 7.81. The lowest BCUT2D eigenvalue weighted by Gasteiger charge is -2.33. The highest BCUT2D eigenvalue weighted by Gasteiger charge is 2.27. The van der Waals surface area contributed by atoms with E-state index in [1.165, 1.54) is 11.8 Å². The normalized spacial score (nSPS) is 22.8. The maximum Gasteiger partial charge on any atom is 0.211 e. The van der Waals surface area contributed by atoms with Crippen LogP contribution >= 0.6 is 11.3 Å². The molecule has 0 aromatic carbocycles. The van der Waals surface area contributed by atoms with Crippen molar-refractivity contribution >= 4 is 21.4 Å². The van der Waals surface area contributed by atoms with E-state index in [0.29, 0.717) is 25.0 Å². The molecule has 1 aliphatic heterocycles. The monoisotopic (exact) mass is 316 g/mol. The largest absolute Gasteiger partial charge is 0.310 e. The summed E-state index contributed by atoms with van der Waals surface area (Å²) < 4.78 is 25.0.